The molecule has 2 nitrogen and oxygen atoms in total. The van der Waals surface area contributed by atoms with Gasteiger partial charge in [0.1, 0.15) is 0 Å². The first-order chi connectivity index (χ1) is 7.72. The number of hydrogen-bond donors (Lipinski definition) is 1. The highest BCUT2D eigenvalue weighted by molar-refractivity contribution is 7.98. The van der Waals surface area contributed by atoms with Crippen LogP contribution in [0.3, 0.4) is 0 Å². The predicted octanol–water partition coefficient (Wildman–Crippen LogP) is 3.61. The van der Waals surface area contributed by atoms with Crippen molar-refractivity contribution in [2.45, 2.75) is 11.9 Å². The van der Waals surface area contributed by atoms with Gasteiger partial charge in [0.05, 0.1) is 5.03 Å². The van der Waals surface area contributed by atoms with Gasteiger partial charge in [-0.3, -0.25) is 4.79 Å². The van der Waals surface area contributed by atoms with Crippen LogP contribution < -0.4 is 0 Å². The molecule has 0 atom stereocenters. The lowest BCUT2D eigenvalue weighted by Gasteiger charge is -1.96. The van der Waals surface area contributed by atoms with Crippen molar-refractivity contribution in [1.29, 1.82) is 0 Å². The third-order valence-corrected chi connectivity index (χ3v) is 3.18. The number of rotatable bonds is 3. The van der Waals surface area contributed by atoms with Gasteiger partial charge in [-0.1, -0.05) is 30.3 Å². The molecule has 0 saturated heterocycles. The van der Waals surface area contributed by atoms with Crippen LogP contribution in [0, 0.1) is 0 Å². The monoisotopic (exact) mass is 231 g/mol. The lowest BCUT2D eigenvalue weighted by Crippen LogP contribution is -1.90. The number of nitrogens with one attached hydrogen (secondary N) is 1. The van der Waals surface area contributed by atoms with E-state index in [0.717, 1.165) is 21.8 Å². The van der Waals surface area contributed by atoms with E-state index in [2.05, 4.69) is 4.98 Å². The number of aromatic amines is 1. The Kier molecular flexibility index (Phi) is 3.15. The van der Waals surface area contributed by atoms with E-state index in [0.29, 0.717) is 0 Å². The molecule has 82 valence electrons. The molecule has 0 saturated carbocycles. The van der Waals surface area contributed by atoms with E-state index in [1.54, 1.807) is 18.7 Å². The fraction of sp³-hybridized carbons (Fsp3) is 0.154. The molecule has 0 aliphatic heterocycles. The highest BCUT2D eigenvalue weighted by atomic mass is 32.2. The molecule has 0 aliphatic rings. The average Bonchev–Trinajstić information content (AvgIpc) is 2.74. The van der Waals surface area contributed by atoms with Crippen molar-refractivity contribution in [3.05, 3.63) is 42.0 Å². The second kappa shape index (κ2) is 4.58. The largest absolute Gasteiger partial charge is 0.349 e. The molecule has 1 aromatic heterocycles. The third kappa shape index (κ3) is 2.04. The molecule has 0 spiro atoms. The van der Waals surface area contributed by atoms with Crippen molar-refractivity contribution < 1.29 is 4.79 Å². The lowest BCUT2D eigenvalue weighted by molar-refractivity contribution is 0.101. The molecule has 2 rings (SSSR count). The van der Waals surface area contributed by atoms with E-state index in [1.807, 2.05) is 42.7 Å². The summed E-state index contributed by atoms with van der Waals surface area (Å²) in [5.74, 6) is 0.0998. The van der Waals surface area contributed by atoms with Crippen LogP contribution in [0.2, 0.25) is 0 Å². The Bertz CT molecular complexity index is 502. The molecule has 3 heteroatoms. The third-order valence-electron chi connectivity index (χ3n) is 2.45. The zero-order valence-electron chi connectivity index (χ0n) is 9.28. The van der Waals surface area contributed by atoms with E-state index in [-0.39, 0.29) is 5.78 Å². The van der Waals surface area contributed by atoms with Gasteiger partial charge in [-0.2, -0.15) is 0 Å². The predicted molar refractivity (Wildman–Crippen MR) is 68.0 cm³/mol. The van der Waals surface area contributed by atoms with E-state index >= 15 is 0 Å². The highest BCUT2D eigenvalue weighted by Crippen LogP contribution is 2.27. The Balaban J connectivity index is 2.48. The van der Waals surface area contributed by atoms with Crippen LogP contribution in [0.1, 0.15) is 17.3 Å². The van der Waals surface area contributed by atoms with Crippen LogP contribution in [0.4, 0.5) is 0 Å². The van der Waals surface area contributed by atoms with Gasteiger partial charge in [0.25, 0.3) is 0 Å². The van der Waals surface area contributed by atoms with Gasteiger partial charge in [0.2, 0.25) is 0 Å². The van der Waals surface area contributed by atoms with E-state index in [1.165, 1.54) is 0 Å². The molecule has 16 heavy (non-hydrogen) atoms. The van der Waals surface area contributed by atoms with Crippen molar-refractivity contribution in [3.8, 4) is 11.3 Å². The molecule has 1 N–H and O–H groups in total. The van der Waals surface area contributed by atoms with Gasteiger partial charge in [0.15, 0.2) is 5.78 Å². The number of hydrogen-bond acceptors (Lipinski definition) is 2. The van der Waals surface area contributed by atoms with Gasteiger partial charge in [-0.25, -0.2) is 0 Å². The molecule has 0 unspecified atom stereocenters. The van der Waals surface area contributed by atoms with E-state index in [4.69, 9.17) is 0 Å². The fourth-order valence-electron chi connectivity index (χ4n) is 1.63. The Labute approximate surface area is 99.1 Å². The van der Waals surface area contributed by atoms with E-state index in [9.17, 15) is 4.79 Å². The second-order valence-corrected chi connectivity index (χ2v) is 4.37. The topological polar surface area (TPSA) is 32.9 Å². The van der Waals surface area contributed by atoms with Gasteiger partial charge in [-0.05, 0) is 24.8 Å². The normalized spacial score (nSPS) is 10.4. The second-order valence-electron chi connectivity index (χ2n) is 3.55. The minimum atomic E-state index is 0.0998. The Morgan fingerprint density at radius 2 is 1.94 bits per heavy atom. The summed E-state index contributed by atoms with van der Waals surface area (Å²) in [4.78, 5) is 14.7. The first-order valence-electron chi connectivity index (χ1n) is 5.05. The molecular weight excluding hydrogens is 218 g/mol. The number of aromatic nitrogens is 1. The smallest absolute Gasteiger partial charge is 0.162 e. The molecule has 2 aromatic rings. The number of Topliss-reactive ketones (excluding diaryl/α,β-unsaturated/α-hetero) is 1. The molecule has 1 heterocycles. The maximum atomic E-state index is 11.4. The van der Waals surface area contributed by atoms with Crippen LogP contribution in [0.25, 0.3) is 11.3 Å². The van der Waals surface area contributed by atoms with E-state index < -0.39 is 0 Å². The van der Waals surface area contributed by atoms with Crippen LogP contribution in [0.15, 0.2) is 41.4 Å². The van der Waals surface area contributed by atoms with Crippen molar-refractivity contribution in [3.63, 3.8) is 0 Å². The zero-order chi connectivity index (χ0) is 11.5. The summed E-state index contributed by atoms with van der Waals surface area (Å²) in [6.45, 7) is 1.59. The lowest BCUT2D eigenvalue weighted by atomic mass is 10.1. The summed E-state index contributed by atoms with van der Waals surface area (Å²) in [6, 6.07) is 11.9. The fourth-order valence-corrected chi connectivity index (χ4v) is 2.27. The first-order valence-corrected chi connectivity index (χ1v) is 6.28. The van der Waals surface area contributed by atoms with Crippen molar-refractivity contribution in [2.75, 3.05) is 6.26 Å². The Morgan fingerprint density at radius 3 is 2.44 bits per heavy atom. The van der Waals surface area contributed by atoms with Gasteiger partial charge < -0.3 is 4.98 Å². The summed E-state index contributed by atoms with van der Waals surface area (Å²) < 4.78 is 0. The molecule has 1 aromatic carbocycles. The van der Waals surface area contributed by atoms with Crippen LogP contribution in [-0.4, -0.2) is 17.0 Å². The number of carbonyl (C=O) groups is 1. The maximum absolute atomic E-state index is 11.4. The summed E-state index contributed by atoms with van der Waals surface area (Å²) in [6.07, 6.45) is 1.97. The highest BCUT2D eigenvalue weighted by Gasteiger charge is 2.11. The summed E-state index contributed by atoms with van der Waals surface area (Å²) >= 11 is 1.56. The SMILES string of the molecule is CSc1[nH]c(-c2ccccc2)cc1C(C)=O. The zero-order valence-corrected chi connectivity index (χ0v) is 10.1. The first kappa shape index (κ1) is 11.0. The molecular formula is C13H13NOS. The molecule has 0 aliphatic carbocycles. The molecule has 0 fully saturated rings. The number of H-pyrrole nitrogens is 1. The standard InChI is InChI=1S/C13H13NOS/c1-9(15)11-8-12(14-13(11)16-2)10-6-4-3-5-7-10/h3-8,14H,1-2H3. The summed E-state index contributed by atoms with van der Waals surface area (Å²) in [5.41, 5.74) is 2.87. The Hall–Kier alpha value is -1.48. The maximum Gasteiger partial charge on any atom is 0.162 e. The molecule has 0 bridgehead atoms. The molecule has 0 radical (unpaired) electrons. The number of benzene rings is 1. The number of thioether (sulfide) groups is 1. The van der Waals surface area contributed by atoms with Crippen molar-refractivity contribution in [2.24, 2.45) is 0 Å². The van der Waals surface area contributed by atoms with Crippen LogP contribution in [-0.2, 0) is 0 Å². The average molecular weight is 231 g/mol. The van der Waals surface area contributed by atoms with Gasteiger partial charge in [-0.15, -0.1) is 11.8 Å². The van der Waals surface area contributed by atoms with Gasteiger partial charge >= 0.3 is 0 Å². The summed E-state index contributed by atoms with van der Waals surface area (Å²) in [7, 11) is 0. The van der Waals surface area contributed by atoms with Crippen LogP contribution >= 0.6 is 11.8 Å². The molecule has 0 amide bonds. The summed E-state index contributed by atoms with van der Waals surface area (Å²) in [5, 5.41) is 0.936. The van der Waals surface area contributed by atoms with Gasteiger partial charge in [0, 0.05) is 11.3 Å². The quantitative estimate of drug-likeness (QED) is 0.646. The Morgan fingerprint density at radius 1 is 1.25 bits per heavy atom. The van der Waals surface area contributed by atoms with Crippen molar-refractivity contribution in [1.82, 2.24) is 4.98 Å². The minimum absolute atomic E-state index is 0.0998. The number of ketones is 1. The van der Waals surface area contributed by atoms with Crippen LogP contribution in [0.5, 0.6) is 0 Å². The number of carbonyl (C=O) groups excluding carboxylic acids is 1. The van der Waals surface area contributed by atoms with Crippen molar-refractivity contribution >= 4 is 17.5 Å². The minimum Gasteiger partial charge on any atom is -0.349 e.